The maximum Gasteiger partial charge on any atom is 0.354 e. The number of carbonyl (C=O) groups is 3. The van der Waals surface area contributed by atoms with Gasteiger partial charge in [0.15, 0.2) is 0 Å². The van der Waals surface area contributed by atoms with E-state index >= 15 is 0 Å². The van der Waals surface area contributed by atoms with Crippen LogP contribution < -0.4 is 22.1 Å². The summed E-state index contributed by atoms with van der Waals surface area (Å²) in [4.78, 5) is 58.9. The minimum Gasteiger partial charge on any atom is -0.356 e. The van der Waals surface area contributed by atoms with E-state index in [0.717, 1.165) is 26.1 Å². The fraction of sp³-hybridized carbons (Fsp3) is 0.567. The molecule has 5 rings (SSSR count). The number of benzene rings is 1. The number of fused-ring (bicyclic) bond motifs is 1. The molecule has 1 aliphatic carbocycles. The van der Waals surface area contributed by atoms with E-state index in [0.29, 0.717) is 55.7 Å². The third kappa shape index (κ3) is 6.65. The van der Waals surface area contributed by atoms with Crippen LogP contribution in [0, 0.1) is 17.8 Å². The Morgan fingerprint density at radius 2 is 1.64 bits per heavy atom. The van der Waals surface area contributed by atoms with Crippen LogP contribution in [0.4, 0.5) is 10.6 Å². The lowest BCUT2D eigenvalue weighted by Crippen LogP contribution is -2.58. The normalized spacial score (nSPS) is 22.8. The first kappa shape index (κ1) is 29.7. The van der Waals surface area contributed by atoms with Crippen molar-refractivity contribution in [2.45, 2.75) is 45.7 Å². The van der Waals surface area contributed by atoms with Gasteiger partial charge < -0.3 is 20.9 Å². The Morgan fingerprint density at radius 3 is 2.21 bits per heavy atom. The second kappa shape index (κ2) is 11.8. The second-order valence-corrected chi connectivity index (χ2v) is 12.5. The number of nitrogens with two attached hydrogens (primary N) is 1. The highest BCUT2D eigenvalue weighted by Gasteiger charge is 2.55. The molecule has 12 nitrogen and oxygen atoms in total. The van der Waals surface area contributed by atoms with Crippen molar-refractivity contribution < 1.29 is 14.4 Å². The average molecular weight is 579 g/mol. The summed E-state index contributed by atoms with van der Waals surface area (Å²) in [7, 11) is 0. The molecule has 2 saturated heterocycles. The molecule has 12 heteroatoms. The molecular formula is C30H42N8O4. The highest BCUT2D eigenvalue weighted by Crippen LogP contribution is 2.51. The summed E-state index contributed by atoms with van der Waals surface area (Å²) in [5, 5.41) is 5.65. The molecule has 1 saturated carbocycles. The van der Waals surface area contributed by atoms with E-state index in [2.05, 4.69) is 27.4 Å². The van der Waals surface area contributed by atoms with Gasteiger partial charge in [0.2, 0.25) is 11.8 Å². The van der Waals surface area contributed by atoms with Gasteiger partial charge in [0.05, 0.1) is 11.2 Å². The number of aromatic nitrogens is 2. The number of nitrogens with one attached hydrogen (secondary N) is 2. The third-order valence-electron chi connectivity index (χ3n) is 8.80. The van der Waals surface area contributed by atoms with Gasteiger partial charge in [-0.25, -0.2) is 9.59 Å². The smallest absolute Gasteiger partial charge is 0.354 e. The van der Waals surface area contributed by atoms with Gasteiger partial charge in [-0.05, 0) is 68.7 Å². The predicted molar refractivity (Wildman–Crippen MR) is 159 cm³/mol. The minimum absolute atomic E-state index is 0.0444. The molecule has 2 aliphatic heterocycles. The Morgan fingerprint density at radius 1 is 1.02 bits per heavy atom. The van der Waals surface area contributed by atoms with Crippen LogP contribution in [0.5, 0.6) is 0 Å². The molecule has 4 amide bonds. The molecular weight excluding hydrogens is 536 g/mol. The van der Waals surface area contributed by atoms with Crippen molar-refractivity contribution in [3.05, 3.63) is 52.6 Å². The summed E-state index contributed by atoms with van der Waals surface area (Å²) in [5.41, 5.74) is 6.37. The van der Waals surface area contributed by atoms with Gasteiger partial charge in [0.1, 0.15) is 5.82 Å². The lowest BCUT2D eigenvalue weighted by Gasteiger charge is -2.37. The molecule has 4 atom stereocenters. The molecule has 1 aromatic heterocycles. The van der Waals surface area contributed by atoms with E-state index in [9.17, 15) is 19.2 Å². The molecule has 2 unspecified atom stereocenters. The van der Waals surface area contributed by atoms with E-state index in [-0.39, 0.29) is 23.7 Å². The van der Waals surface area contributed by atoms with Crippen LogP contribution in [0.1, 0.15) is 33.3 Å². The first-order chi connectivity index (χ1) is 19.9. The van der Waals surface area contributed by atoms with E-state index in [1.165, 1.54) is 10.1 Å². The van der Waals surface area contributed by atoms with Crippen LogP contribution >= 0.6 is 0 Å². The monoisotopic (exact) mass is 578 g/mol. The molecule has 3 heterocycles. The average Bonchev–Trinajstić information content (AvgIpc) is 3.39. The Bertz CT molecular complexity index is 1360. The molecule has 1 aromatic carbocycles. The number of rotatable bonds is 8. The van der Waals surface area contributed by atoms with Crippen LogP contribution in [0.3, 0.4) is 0 Å². The van der Waals surface area contributed by atoms with Crippen LogP contribution in [-0.2, 0) is 16.0 Å². The number of likely N-dealkylation sites (tertiary alicyclic amines) is 1. The molecule has 4 N–H and O–H groups in total. The summed E-state index contributed by atoms with van der Waals surface area (Å²) >= 11 is 0. The lowest BCUT2D eigenvalue weighted by molar-refractivity contribution is -0.137. The molecule has 226 valence electrons. The van der Waals surface area contributed by atoms with Gasteiger partial charge in [-0.1, -0.05) is 12.1 Å². The zero-order valence-corrected chi connectivity index (χ0v) is 24.9. The van der Waals surface area contributed by atoms with Crippen LogP contribution in [0.25, 0.3) is 5.69 Å². The summed E-state index contributed by atoms with van der Waals surface area (Å²) < 4.78 is 1.45. The number of urea groups is 1. The molecule has 0 spiro atoms. The van der Waals surface area contributed by atoms with E-state index in [1.807, 2.05) is 24.3 Å². The van der Waals surface area contributed by atoms with E-state index < -0.39 is 11.2 Å². The van der Waals surface area contributed by atoms with Crippen molar-refractivity contribution in [2.24, 2.45) is 23.5 Å². The van der Waals surface area contributed by atoms with Gasteiger partial charge >= 0.3 is 11.7 Å². The van der Waals surface area contributed by atoms with E-state index in [1.54, 1.807) is 42.8 Å². The van der Waals surface area contributed by atoms with Crippen molar-refractivity contribution in [2.75, 3.05) is 51.1 Å². The van der Waals surface area contributed by atoms with Crippen LogP contribution in [0.15, 0.2) is 41.3 Å². The summed E-state index contributed by atoms with van der Waals surface area (Å²) in [6, 6.07) is 9.56. The SMILES string of the molecule is CC(=O)NCC1[C@H]2CN(C(C)Cc3ccc(-n4ccc(NC(=O)N5CCN(C(=O)C(C)(C)N)CC5)nc4=O)cc3)C[C@@H]12. The Hall–Kier alpha value is -3.77. The van der Waals surface area contributed by atoms with Crippen molar-refractivity contribution in [3.63, 3.8) is 0 Å². The molecule has 3 aliphatic rings. The molecule has 42 heavy (non-hydrogen) atoms. The Balaban J connectivity index is 1.10. The maximum atomic E-state index is 12.8. The zero-order chi connectivity index (χ0) is 30.2. The van der Waals surface area contributed by atoms with Crippen molar-refractivity contribution in [1.82, 2.24) is 29.6 Å². The van der Waals surface area contributed by atoms with Gasteiger partial charge in [-0.3, -0.25) is 24.4 Å². The largest absolute Gasteiger partial charge is 0.356 e. The first-order valence-electron chi connectivity index (χ1n) is 14.7. The molecule has 0 radical (unpaired) electrons. The first-order valence-corrected chi connectivity index (χ1v) is 14.7. The van der Waals surface area contributed by atoms with Gasteiger partial charge in [-0.15, -0.1) is 0 Å². The highest BCUT2D eigenvalue weighted by molar-refractivity contribution is 5.89. The number of amides is 4. The lowest BCUT2D eigenvalue weighted by atomic mass is 10.0. The number of carbonyl (C=O) groups excluding carboxylic acids is 3. The van der Waals surface area contributed by atoms with Gasteiger partial charge in [0.25, 0.3) is 0 Å². The van der Waals surface area contributed by atoms with Gasteiger partial charge in [0, 0.05) is 65.0 Å². The number of nitrogens with zero attached hydrogens (tertiary/aromatic N) is 5. The Kier molecular flexibility index (Phi) is 8.38. The zero-order valence-electron chi connectivity index (χ0n) is 24.9. The van der Waals surface area contributed by atoms with Gasteiger partial charge in [-0.2, -0.15) is 4.98 Å². The van der Waals surface area contributed by atoms with Crippen molar-refractivity contribution in [3.8, 4) is 5.69 Å². The number of hydrogen-bond donors (Lipinski definition) is 3. The van der Waals surface area contributed by atoms with Crippen molar-refractivity contribution in [1.29, 1.82) is 0 Å². The fourth-order valence-electron chi connectivity index (χ4n) is 6.25. The fourth-order valence-corrected chi connectivity index (χ4v) is 6.25. The molecule has 3 fully saturated rings. The summed E-state index contributed by atoms with van der Waals surface area (Å²) in [6.45, 7) is 11.7. The van der Waals surface area contributed by atoms with Crippen LogP contribution in [-0.4, -0.2) is 99.5 Å². The number of hydrogen-bond acceptors (Lipinski definition) is 7. The standard InChI is InChI=1S/C30H42N8O4/c1-19(37-17-24-23(25(24)18-37)16-32-20(2)39)15-21-5-7-22(8-6-21)38-10-9-26(34-29(38)42)33-28(41)36-13-11-35(12-14-36)27(40)30(3,4)31/h5-10,19,23-25H,11-18,31H2,1-4H3,(H,32,39)(H,33,34,41,42)/t19?,23?,24-,25+. The summed E-state index contributed by atoms with van der Waals surface area (Å²) in [5.74, 6) is 2.09. The topological polar surface area (TPSA) is 146 Å². The Labute approximate surface area is 246 Å². The molecule has 0 bridgehead atoms. The second-order valence-electron chi connectivity index (χ2n) is 12.5. The van der Waals surface area contributed by atoms with Crippen molar-refractivity contribution >= 4 is 23.7 Å². The third-order valence-corrected chi connectivity index (χ3v) is 8.80. The number of anilines is 1. The summed E-state index contributed by atoms with van der Waals surface area (Å²) in [6.07, 6.45) is 2.52. The number of piperidine rings is 1. The quantitative estimate of drug-likeness (QED) is 0.422. The minimum atomic E-state index is -0.952. The number of piperazine rings is 1. The predicted octanol–water partition coefficient (Wildman–Crippen LogP) is 0.891. The highest BCUT2D eigenvalue weighted by atomic mass is 16.2. The maximum absolute atomic E-state index is 12.8. The van der Waals surface area contributed by atoms with E-state index in [4.69, 9.17) is 5.73 Å². The van der Waals surface area contributed by atoms with Crippen LogP contribution in [0.2, 0.25) is 0 Å². The molecule has 2 aromatic rings.